The van der Waals surface area contributed by atoms with Gasteiger partial charge in [-0.05, 0) is 30.2 Å². The molecule has 0 N–H and O–H groups in total. The van der Waals surface area contributed by atoms with Crippen LogP contribution in [0.3, 0.4) is 0 Å². The zero-order valence-corrected chi connectivity index (χ0v) is 13.2. The monoisotopic (exact) mass is 324 g/mol. The van der Waals surface area contributed by atoms with Gasteiger partial charge in [0.2, 0.25) is 0 Å². The lowest BCUT2D eigenvalue weighted by Gasteiger charge is -2.25. The molecular formula is C19H16O5. The molecule has 0 amide bonds. The maximum absolute atomic E-state index is 12.3. The summed E-state index contributed by atoms with van der Waals surface area (Å²) < 4.78 is 15.6. The number of ether oxygens (including phenoxy) is 3. The van der Waals surface area contributed by atoms with Gasteiger partial charge in [0.15, 0.2) is 0 Å². The number of rotatable bonds is 4. The SMILES string of the molecule is C=CC(=O)OC1=CCC2C=C(c3ccc(OC)cc3)C(=O)OC2=C1. The van der Waals surface area contributed by atoms with Gasteiger partial charge in [0.05, 0.1) is 12.7 Å². The van der Waals surface area contributed by atoms with Crippen molar-refractivity contribution in [3.05, 3.63) is 72.2 Å². The highest BCUT2D eigenvalue weighted by Crippen LogP contribution is 2.35. The Bertz CT molecular complexity index is 780. The van der Waals surface area contributed by atoms with Crippen LogP contribution in [-0.4, -0.2) is 19.0 Å². The summed E-state index contributed by atoms with van der Waals surface area (Å²) in [5.74, 6) is 0.517. The second-order valence-electron chi connectivity index (χ2n) is 5.32. The topological polar surface area (TPSA) is 61.8 Å². The maximum Gasteiger partial charge on any atom is 0.343 e. The van der Waals surface area contributed by atoms with Gasteiger partial charge in [-0.2, -0.15) is 0 Å². The molecule has 3 rings (SSSR count). The van der Waals surface area contributed by atoms with E-state index in [1.54, 1.807) is 31.4 Å². The molecular weight excluding hydrogens is 308 g/mol. The first-order chi connectivity index (χ1) is 11.6. The van der Waals surface area contributed by atoms with Gasteiger partial charge in [-0.15, -0.1) is 0 Å². The first-order valence-corrected chi connectivity index (χ1v) is 7.45. The van der Waals surface area contributed by atoms with Crippen LogP contribution in [0.1, 0.15) is 12.0 Å². The van der Waals surface area contributed by atoms with Crippen LogP contribution in [0.5, 0.6) is 5.75 Å². The van der Waals surface area contributed by atoms with Gasteiger partial charge in [0.1, 0.15) is 17.3 Å². The van der Waals surface area contributed by atoms with Gasteiger partial charge >= 0.3 is 11.9 Å². The summed E-state index contributed by atoms with van der Waals surface area (Å²) in [6, 6.07) is 7.22. The summed E-state index contributed by atoms with van der Waals surface area (Å²) in [6.45, 7) is 3.35. The van der Waals surface area contributed by atoms with Crippen molar-refractivity contribution >= 4 is 17.5 Å². The number of esters is 2. The standard InChI is InChI=1S/C19H16O5/c1-3-18(20)23-15-9-6-13-10-16(19(21)24-17(13)11-15)12-4-7-14(22-2)8-5-12/h3-5,7-11,13H,1,6H2,2H3. The number of hydrogen-bond acceptors (Lipinski definition) is 5. The Hall–Kier alpha value is -3.08. The molecule has 5 heteroatoms. The molecule has 0 fully saturated rings. The molecule has 0 saturated heterocycles. The molecule has 0 aromatic heterocycles. The average molecular weight is 324 g/mol. The highest BCUT2D eigenvalue weighted by atomic mass is 16.5. The van der Waals surface area contributed by atoms with Crippen molar-refractivity contribution in [3.63, 3.8) is 0 Å². The molecule has 1 aliphatic heterocycles. The van der Waals surface area contributed by atoms with Crippen molar-refractivity contribution in [3.8, 4) is 5.75 Å². The van der Waals surface area contributed by atoms with E-state index < -0.39 is 11.9 Å². The first-order valence-electron chi connectivity index (χ1n) is 7.45. The molecule has 2 aliphatic rings. The Morgan fingerprint density at radius 1 is 1.33 bits per heavy atom. The maximum atomic E-state index is 12.3. The Balaban J connectivity index is 1.83. The largest absolute Gasteiger partial charge is 0.497 e. The molecule has 0 radical (unpaired) electrons. The molecule has 1 aromatic rings. The van der Waals surface area contributed by atoms with Crippen LogP contribution in [0.15, 0.2) is 66.7 Å². The summed E-state index contributed by atoms with van der Waals surface area (Å²) in [5, 5.41) is 0. The quantitative estimate of drug-likeness (QED) is 0.629. The van der Waals surface area contributed by atoms with Gasteiger partial charge in [-0.1, -0.05) is 24.8 Å². The summed E-state index contributed by atoms with van der Waals surface area (Å²) >= 11 is 0. The molecule has 5 nitrogen and oxygen atoms in total. The van der Waals surface area contributed by atoms with Crippen LogP contribution in [0.4, 0.5) is 0 Å². The molecule has 1 aliphatic carbocycles. The van der Waals surface area contributed by atoms with Gasteiger partial charge in [0.25, 0.3) is 0 Å². The van der Waals surface area contributed by atoms with Crippen molar-refractivity contribution in [2.24, 2.45) is 5.92 Å². The van der Waals surface area contributed by atoms with Crippen molar-refractivity contribution in [2.45, 2.75) is 6.42 Å². The van der Waals surface area contributed by atoms with E-state index in [1.807, 2.05) is 18.2 Å². The van der Waals surface area contributed by atoms with Gasteiger partial charge in [-0.25, -0.2) is 9.59 Å². The van der Waals surface area contributed by atoms with Crippen LogP contribution in [0, 0.1) is 5.92 Å². The fourth-order valence-electron chi connectivity index (χ4n) is 2.57. The predicted molar refractivity (Wildman–Crippen MR) is 87.6 cm³/mol. The fourth-order valence-corrected chi connectivity index (χ4v) is 2.57. The van der Waals surface area contributed by atoms with Crippen molar-refractivity contribution < 1.29 is 23.8 Å². The summed E-state index contributed by atoms with van der Waals surface area (Å²) in [4.78, 5) is 23.5. The molecule has 1 heterocycles. The van der Waals surface area contributed by atoms with Crippen molar-refractivity contribution in [1.29, 1.82) is 0 Å². The highest BCUT2D eigenvalue weighted by Gasteiger charge is 2.29. The van der Waals surface area contributed by atoms with Crippen LogP contribution in [-0.2, 0) is 19.1 Å². The highest BCUT2D eigenvalue weighted by molar-refractivity contribution is 6.17. The number of methoxy groups -OCH3 is 1. The summed E-state index contributed by atoms with van der Waals surface area (Å²) in [5.41, 5.74) is 1.28. The summed E-state index contributed by atoms with van der Waals surface area (Å²) in [7, 11) is 1.59. The van der Waals surface area contributed by atoms with Crippen LogP contribution < -0.4 is 4.74 Å². The van der Waals surface area contributed by atoms with E-state index in [4.69, 9.17) is 14.2 Å². The Kier molecular flexibility index (Phi) is 4.33. The molecule has 0 saturated carbocycles. The van der Waals surface area contributed by atoms with E-state index in [2.05, 4.69) is 6.58 Å². The lowest BCUT2D eigenvalue weighted by molar-refractivity contribution is -0.134. The summed E-state index contributed by atoms with van der Waals surface area (Å²) in [6.07, 6.45) is 6.90. The van der Waals surface area contributed by atoms with Crippen molar-refractivity contribution in [1.82, 2.24) is 0 Å². The third-order valence-corrected chi connectivity index (χ3v) is 3.81. The van der Waals surface area contributed by atoms with E-state index in [0.29, 0.717) is 23.5 Å². The smallest absolute Gasteiger partial charge is 0.343 e. The second-order valence-corrected chi connectivity index (χ2v) is 5.32. The van der Waals surface area contributed by atoms with Gasteiger partial charge in [-0.3, -0.25) is 0 Å². The molecule has 0 bridgehead atoms. The lowest BCUT2D eigenvalue weighted by Crippen LogP contribution is -2.21. The minimum Gasteiger partial charge on any atom is -0.497 e. The Morgan fingerprint density at radius 3 is 2.75 bits per heavy atom. The minimum absolute atomic E-state index is 0.0639. The van der Waals surface area contributed by atoms with E-state index in [1.165, 1.54) is 0 Å². The number of benzene rings is 1. The third kappa shape index (κ3) is 3.15. The number of allylic oxidation sites excluding steroid dienone is 3. The van der Waals surface area contributed by atoms with E-state index in [-0.39, 0.29) is 5.92 Å². The van der Waals surface area contributed by atoms with E-state index in [0.717, 1.165) is 17.4 Å². The van der Waals surface area contributed by atoms with Gasteiger partial charge < -0.3 is 14.2 Å². The fraction of sp³-hybridized carbons (Fsp3) is 0.158. The first kappa shape index (κ1) is 15.8. The minimum atomic E-state index is -0.548. The predicted octanol–water partition coefficient (Wildman–Crippen LogP) is 3.15. The number of fused-ring (bicyclic) bond motifs is 1. The lowest BCUT2D eigenvalue weighted by atomic mass is 9.90. The third-order valence-electron chi connectivity index (χ3n) is 3.81. The Labute approximate surface area is 139 Å². The molecule has 122 valence electrons. The number of hydrogen-bond donors (Lipinski definition) is 0. The van der Waals surface area contributed by atoms with Gasteiger partial charge in [0, 0.05) is 18.1 Å². The molecule has 0 spiro atoms. The zero-order valence-electron chi connectivity index (χ0n) is 13.2. The molecule has 24 heavy (non-hydrogen) atoms. The average Bonchev–Trinajstić information content (AvgIpc) is 2.61. The number of carbonyl (C=O) groups excluding carboxylic acids is 2. The van der Waals surface area contributed by atoms with Crippen LogP contribution >= 0.6 is 0 Å². The molecule has 1 aromatic carbocycles. The van der Waals surface area contributed by atoms with E-state index in [9.17, 15) is 9.59 Å². The zero-order chi connectivity index (χ0) is 17.1. The number of carbonyl (C=O) groups is 2. The normalized spacial score (nSPS) is 19.1. The van der Waals surface area contributed by atoms with Crippen LogP contribution in [0.25, 0.3) is 5.57 Å². The second kappa shape index (κ2) is 6.58. The van der Waals surface area contributed by atoms with Crippen LogP contribution in [0.2, 0.25) is 0 Å². The molecule has 1 atom stereocenters. The van der Waals surface area contributed by atoms with Crippen molar-refractivity contribution in [2.75, 3.05) is 7.11 Å². The van der Waals surface area contributed by atoms with E-state index >= 15 is 0 Å². The Morgan fingerprint density at radius 2 is 2.08 bits per heavy atom. The molecule has 1 unspecified atom stereocenters.